The van der Waals surface area contributed by atoms with Gasteiger partial charge in [0.15, 0.2) is 12.1 Å². The number of carbonyl (C=O) groups is 6. The maximum atomic E-state index is 14.2. The largest absolute Gasteiger partial charge is 0.458 e. The standard InChI is InChI=1S/C45H65N5O8/c1-5-18-34(40(53)43(56)46-29-37(52)50-39(33-24-14-10-15-25-33)44(57)58-45(2,3)4)47-41(54)35-28-31-21-17-20-30(27-31)19-11-7-6-8-16-26-36(51)49-38(42(55)48-35)32-22-12-9-13-23-32/h10,14-15,17,20-21,24-25,27,32,34-35,38-40,53H,5-9,11-13,16,18-19,22-23,26,28-29H2,1-4H3,(H,46,56)(H,47,54)(H,48,55)(H,49,51)(H,50,52). The van der Waals surface area contributed by atoms with E-state index in [-0.39, 0.29) is 24.7 Å². The molecule has 318 valence electrons. The summed E-state index contributed by atoms with van der Waals surface area (Å²) in [6.07, 6.45) is 9.65. The summed E-state index contributed by atoms with van der Waals surface area (Å²) in [6, 6.07) is 12.5. The molecule has 5 amide bonds. The van der Waals surface area contributed by atoms with Crippen LogP contribution in [0.2, 0.25) is 0 Å². The smallest absolute Gasteiger partial charge is 0.333 e. The van der Waals surface area contributed by atoms with Crippen LogP contribution in [0.25, 0.3) is 0 Å². The molecule has 4 rings (SSSR count). The fraction of sp³-hybridized carbons (Fsp3) is 0.600. The minimum absolute atomic E-state index is 0.0607. The fourth-order valence-corrected chi connectivity index (χ4v) is 7.73. The monoisotopic (exact) mass is 803 g/mol. The van der Waals surface area contributed by atoms with Gasteiger partial charge in [-0.15, -0.1) is 0 Å². The van der Waals surface area contributed by atoms with Crippen LogP contribution >= 0.6 is 0 Å². The van der Waals surface area contributed by atoms with Crippen molar-refractivity contribution < 1.29 is 38.6 Å². The van der Waals surface area contributed by atoms with Crippen molar-refractivity contribution in [3.8, 4) is 0 Å². The van der Waals surface area contributed by atoms with Crippen LogP contribution in [0.5, 0.6) is 0 Å². The molecule has 58 heavy (non-hydrogen) atoms. The van der Waals surface area contributed by atoms with Crippen LogP contribution in [-0.4, -0.2) is 77.0 Å². The summed E-state index contributed by atoms with van der Waals surface area (Å²) in [5.74, 6) is -3.51. The molecule has 5 atom stereocenters. The second-order valence-electron chi connectivity index (χ2n) is 16.8. The van der Waals surface area contributed by atoms with E-state index in [2.05, 4.69) is 32.7 Å². The van der Waals surface area contributed by atoms with E-state index in [1.165, 1.54) is 0 Å². The van der Waals surface area contributed by atoms with Gasteiger partial charge in [-0.1, -0.05) is 106 Å². The van der Waals surface area contributed by atoms with Crippen molar-refractivity contribution >= 4 is 35.5 Å². The van der Waals surface area contributed by atoms with Crippen LogP contribution in [0.3, 0.4) is 0 Å². The molecule has 0 aromatic heterocycles. The zero-order valence-electron chi connectivity index (χ0n) is 34.8. The van der Waals surface area contributed by atoms with Gasteiger partial charge in [-0.3, -0.25) is 24.0 Å². The average molecular weight is 804 g/mol. The third-order valence-electron chi connectivity index (χ3n) is 10.7. The first-order valence-electron chi connectivity index (χ1n) is 21.2. The Balaban J connectivity index is 1.49. The lowest BCUT2D eigenvalue weighted by molar-refractivity contribution is -0.158. The molecule has 0 radical (unpaired) electrons. The van der Waals surface area contributed by atoms with E-state index in [0.29, 0.717) is 18.4 Å². The van der Waals surface area contributed by atoms with Gasteiger partial charge >= 0.3 is 5.97 Å². The Kier molecular flexibility index (Phi) is 18.2. The molecular formula is C45H65N5O8. The lowest BCUT2D eigenvalue weighted by Crippen LogP contribution is -2.59. The molecule has 13 nitrogen and oxygen atoms in total. The normalized spacial score (nSPS) is 20.5. The maximum Gasteiger partial charge on any atom is 0.333 e. The van der Waals surface area contributed by atoms with Crippen molar-refractivity contribution in [3.05, 3.63) is 71.3 Å². The summed E-state index contributed by atoms with van der Waals surface area (Å²) in [5, 5.41) is 25.1. The van der Waals surface area contributed by atoms with E-state index >= 15 is 0 Å². The lowest BCUT2D eigenvalue weighted by Gasteiger charge is -2.32. The van der Waals surface area contributed by atoms with Crippen molar-refractivity contribution in [3.63, 3.8) is 0 Å². The van der Waals surface area contributed by atoms with Gasteiger partial charge in [-0.05, 0) is 81.9 Å². The summed E-state index contributed by atoms with van der Waals surface area (Å²) in [5.41, 5.74) is 1.66. The second-order valence-corrected chi connectivity index (χ2v) is 16.8. The molecule has 0 spiro atoms. The van der Waals surface area contributed by atoms with Crippen LogP contribution in [0, 0.1) is 5.92 Å². The number of amides is 5. The number of carbonyl (C=O) groups excluding carboxylic acids is 6. The Labute approximate surface area is 343 Å². The minimum Gasteiger partial charge on any atom is -0.458 e. The Morgan fingerprint density at radius 2 is 1.48 bits per heavy atom. The molecule has 2 bridgehead atoms. The molecule has 13 heteroatoms. The molecule has 2 aromatic carbocycles. The fourth-order valence-electron chi connectivity index (χ4n) is 7.73. The maximum absolute atomic E-state index is 14.2. The number of benzene rings is 2. The number of fused-ring (bicyclic) bond motifs is 2. The van der Waals surface area contributed by atoms with Gasteiger partial charge < -0.3 is 36.4 Å². The van der Waals surface area contributed by atoms with Gasteiger partial charge in [0.25, 0.3) is 5.91 Å². The Bertz CT molecular complexity index is 1670. The van der Waals surface area contributed by atoms with E-state index < -0.39 is 72.0 Å². The number of ether oxygens (including phenoxy) is 1. The Hall–Kier alpha value is -4.78. The first-order valence-corrected chi connectivity index (χ1v) is 21.2. The molecule has 5 unspecified atom stereocenters. The van der Waals surface area contributed by atoms with E-state index in [1.807, 2.05) is 25.1 Å². The highest BCUT2D eigenvalue weighted by molar-refractivity contribution is 5.93. The minimum atomic E-state index is -1.74. The van der Waals surface area contributed by atoms with Crippen LogP contribution in [-0.2, 0) is 46.3 Å². The van der Waals surface area contributed by atoms with Crippen molar-refractivity contribution in [2.75, 3.05) is 6.54 Å². The van der Waals surface area contributed by atoms with Crippen LogP contribution in [0.4, 0.5) is 0 Å². The first kappa shape index (κ1) is 45.9. The second kappa shape index (κ2) is 23.0. The quantitative estimate of drug-likeness (QED) is 0.167. The summed E-state index contributed by atoms with van der Waals surface area (Å²) >= 11 is 0. The van der Waals surface area contributed by atoms with Gasteiger partial charge in [-0.25, -0.2) is 4.79 Å². The van der Waals surface area contributed by atoms with Crippen molar-refractivity contribution in [2.45, 2.75) is 160 Å². The molecule has 6 N–H and O–H groups in total. The number of hydrogen-bond acceptors (Lipinski definition) is 8. The molecule has 1 aliphatic carbocycles. The third kappa shape index (κ3) is 15.2. The predicted octanol–water partition coefficient (Wildman–Crippen LogP) is 4.64. The molecule has 0 saturated heterocycles. The predicted molar refractivity (Wildman–Crippen MR) is 221 cm³/mol. The zero-order valence-corrected chi connectivity index (χ0v) is 34.8. The molecular weight excluding hydrogens is 739 g/mol. The molecule has 2 aromatic rings. The lowest BCUT2D eigenvalue weighted by atomic mass is 9.83. The highest BCUT2D eigenvalue weighted by atomic mass is 16.6. The van der Waals surface area contributed by atoms with Gasteiger partial charge in [0.2, 0.25) is 23.6 Å². The highest BCUT2D eigenvalue weighted by Crippen LogP contribution is 2.27. The number of aryl methyl sites for hydroxylation is 1. The molecule has 2 aliphatic rings. The number of nitrogens with one attached hydrogen (secondary N) is 5. The van der Waals surface area contributed by atoms with Crippen molar-refractivity contribution in [2.24, 2.45) is 5.92 Å². The Morgan fingerprint density at radius 3 is 2.17 bits per heavy atom. The number of aliphatic hydroxyl groups is 1. The summed E-state index contributed by atoms with van der Waals surface area (Å²) < 4.78 is 5.52. The first-order chi connectivity index (χ1) is 27.7. The van der Waals surface area contributed by atoms with Gasteiger partial charge in [-0.2, -0.15) is 0 Å². The Morgan fingerprint density at radius 1 is 0.828 bits per heavy atom. The number of esters is 1. The topological polar surface area (TPSA) is 192 Å². The summed E-state index contributed by atoms with van der Waals surface area (Å²) in [7, 11) is 0. The molecule has 1 fully saturated rings. The van der Waals surface area contributed by atoms with E-state index in [0.717, 1.165) is 81.8 Å². The molecule has 1 heterocycles. The third-order valence-corrected chi connectivity index (χ3v) is 10.7. The van der Waals surface area contributed by atoms with Crippen LogP contribution in [0.15, 0.2) is 54.6 Å². The van der Waals surface area contributed by atoms with Crippen molar-refractivity contribution in [1.82, 2.24) is 26.6 Å². The molecule has 1 saturated carbocycles. The SMILES string of the molecule is CCCC(NC(=O)C1Cc2cccc(c2)CCCCCCCC(=O)NC(C2CCCCC2)C(=O)N1)C(O)C(=O)NCC(=O)NC(C(=O)OC(C)(C)C)c1ccccc1. The summed E-state index contributed by atoms with van der Waals surface area (Å²) in [6.45, 7) is 6.44. The van der Waals surface area contributed by atoms with Crippen LogP contribution in [0.1, 0.15) is 134 Å². The molecule has 1 aliphatic heterocycles. The number of aliphatic hydroxyl groups excluding tert-OH is 1. The zero-order chi connectivity index (χ0) is 42.1. The van der Waals surface area contributed by atoms with Gasteiger partial charge in [0, 0.05) is 12.8 Å². The number of hydrogen-bond donors (Lipinski definition) is 6. The van der Waals surface area contributed by atoms with Crippen LogP contribution < -0.4 is 26.6 Å². The summed E-state index contributed by atoms with van der Waals surface area (Å²) in [4.78, 5) is 80.9. The average Bonchev–Trinajstić information content (AvgIpc) is 3.19. The van der Waals surface area contributed by atoms with Gasteiger partial charge in [0.05, 0.1) is 12.6 Å². The van der Waals surface area contributed by atoms with E-state index in [4.69, 9.17) is 4.74 Å². The van der Waals surface area contributed by atoms with Crippen molar-refractivity contribution in [1.29, 1.82) is 0 Å². The highest BCUT2D eigenvalue weighted by Gasteiger charge is 2.36. The van der Waals surface area contributed by atoms with Gasteiger partial charge in [0.1, 0.15) is 17.7 Å². The van der Waals surface area contributed by atoms with E-state index in [1.54, 1.807) is 51.1 Å². The van der Waals surface area contributed by atoms with E-state index in [9.17, 15) is 33.9 Å². The number of rotatable bonds is 12.